The second kappa shape index (κ2) is 9.61. The Hall–Kier alpha value is -3.39. The average Bonchev–Trinajstić information content (AvgIpc) is 3.03. The fourth-order valence-electron chi connectivity index (χ4n) is 3.70. The SMILES string of the molecule is COc1ccc([C@H]2/C(=C(\O)c3ccncc3)C(=O)C(=O)N2CCCN(C)C)cc1OC. The number of nitrogens with zero attached hydrogens (tertiary/aromatic N) is 3. The van der Waals surface area contributed by atoms with Crippen LogP contribution in [0.15, 0.2) is 48.3 Å². The summed E-state index contributed by atoms with van der Waals surface area (Å²) in [5.74, 6) is -0.559. The van der Waals surface area contributed by atoms with Crippen LogP contribution in [0.5, 0.6) is 11.5 Å². The number of ketones is 1. The van der Waals surface area contributed by atoms with Crippen molar-refractivity contribution in [1.82, 2.24) is 14.8 Å². The molecule has 1 fully saturated rings. The molecule has 1 amide bonds. The number of carbonyl (C=O) groups excluding carboxylic acids is 2. The second-order valence-electron chi connectivity index (χ2n) is 7.50. The summed E-state index contributed by atoms with van der Waals surface area (Å²) >= 11 is 0. The summed E-state index contributed by atoms with van der Waals surface area (Å²) in [7, 11) is 6.95. The number of likely N-dealkylation sites (tertiary alicyclic amines) is 1. The van der Waals surface area contributed by atoms with Crippen molar-refractivity contribution in [3.05, 3.63) is 59.4 Å². The number of methoxy groups -OCH3 is 2. The average molecular weight is 425 g/mol. The van der Waals surface area contributed by atoms with E-state index < -0.39 is 17.7 Å². The van der Waals surface area contributed by atoms with E-state index in [1.807, 2.05) is 19.0 Å². The third-order valence-electron chi connectivity index (χ3n) is 5.22. The number of hydrogen-bond acceptors (Lipinski definition) is 7. The molecule has 1 aliphatic heterocycles. The van der Waals surface area contributed by atoms with E-state index in [9.17, 15) is 14.7 Å². The summed E-state index contributed by atoms with van der Waals surface area (Å²) in [6, 6.07) is 7.68. The molecule has 0 bridgehead atoms. The Balaban J connectivity index is 2.13. The van der Waals surface area contributed by atoms with Crippen LogP contribution in [0.1, 0.15) is 23.6 Å². The van der Waals surface area contributed by atoms with Crippen molar-refractivity contribution in [1.29, 1.82) is 0 Å². The molecule has 2 aromatic rings. The van der Waals surface area contributed by atoms with E-state index in [2.05, 4.69) is 4.98 Å². The summed E-state index contributed by atoms with van der Waals surface area (Å²) in [6.07, 6.45) is 3.72. The Morgan fingerprint density at radius 1 is 1.10 bits per heavy atom. The quantitative estimate of drug-likeness (QED) is 0.395. The molecule has 0 unspecified atom stereocenters. The molecule has 1 aliphatic rings. The standard InChI is InChI=1S/C23H27N3O5/c1-25(2)12-5-13-26-20(16-6-7-17(30-3)18(14-16)31-4)19(22(28)23(26)29)21(27)15-8-10-24-11-9-15/h6-11,14,20,27H,5,12-13H2,1-4H3/b21-19+/t20-/m0/s1. The molecule has 1 aromatic heterocycles. The first-order valence-corrected chi connectivity index (χ1v) is 9.94. The number of benzene rings is 1. The predicted octanol–water partition coefficient (Wildman–Crippen LogP) is 2.47. The highest BCUT2D eigenvalue weighted by molar-refractivity contribution is 6.46. The fourth-order valence-corrected chi connectivity index (χ4v) is 3.70. The normalized spacial score (nSPS) is 18.0. The van der Waals surface area contributed by atoms with Crippen molar-refractivity contribution in [2.45, 2.75) is 12.5 Å². The van der Waals surface area contributed by atoms with Crippen LogP contribution in [-0.2, 0) is 9.59 Å². The van der Waals surface area contributed by atoms with Gasteiger partial charge in [0.25, 0.3) is 11.7 Å². The lowest BCUT2D eigenvalue weighted by Gasteiger charge is -2.26. The number of Topliss-reactive ketones (excluding diaryl/α,β-unsaturated/α-hetero) is 1. The molecule has 8 heteroatoms. The number of hydrogen-bond donors (Lipinski definition) is 1. The van der Waals surface area contributed by atoms with Gasteiger partial charge in [-0.1, -0.05) is 6.07 Å². The van der Waals surface area contributed by atoms with Crippen LogP contribution in [0.25, 0.3) is 5.76 Å². The third kappa shape index (κ3) is 4.54. The number of aliphatic hydroxyl groups excluding tert-OH is 1. The molecule has 0 radical (unpaired) electrons. The highest BCUT2D eigenvalue weighted by atomic mass is 16.5. The topological polar surface area (TPSA) is 92.2 Å². The molecule has 0 aliphatic carbocycles. The number of aliphatic hydroxyl groups is 1. The van der Waals surface area contributed by atoms with E-state index in [-0.39, 0.29) is 11.3 Å². The van der Waals surface area contributed by atoms with Gasteiger partial charge in [-0.05, 0) is 56.9 Å². The lowest BCUT2D eigenvalue weighted by molar-refractivity contribution is -0.139. The van der Waals surface area contributed by atoms with Gasteiger partial charge in [-0.3, -0.25) is 14.6 Å². The lowest BCUT2D eigenvalue weighted by atomic mass is 9.95. The zero-order chi connectivity index (χ0) is 22.5. The minimum Gasteiger partial charge on any atom is -0.507 e. The van der Waals surface area contributed by atoms with Gasteiger partial charge in [0.1, 0.15) is 5.76 Å². The number of amides is 1. The molecule has 0 spiro atoms. The van der Waals surface area contributed by atoms with Gasteiger partial charge in [0.15, 0.2) is 11.5 Å². The first-order chi connectivity index (χ1) is 14.9. The Morgan fingerprint density at radius 3 is 2.39 bits per heavy atom. The van der Waals surface area contributed by atoms with Gasteiger partial charge < -0.3 is 24.4 Å². The van der Waals surface area contributed by atoms with Crippen LogP contribution in [0.4, 0.5) is 0 Å². The maximum absolute atomic E-state index is 13.0. The van der Waals surface area contributed by atoms with Gasteiger partial charge in [-0.25, -0.2) is 0 Å². The monoisotopic (exact) mass is 425 g/mol. The molecule has 1 saturated heterocycles. The van der Waals surface area contributed by atoms with Crippen LogP contribution in [0.2, 0.25) is 0 Å². The van der Waals surface area contributed by atoms with E-state index in [4.69, 9.17) is 9.47 Å². The van der Waals surface area contributed by atoms with Crippen LogP contribution in [-0.4, -0.2) is 73.0 Å². The summed E-state index contributed by atoms with van der Waals surface area (Å²) < 4.78 is 10.7. The third-order valence-corrected chi connectivity index (χ3v) is 5.22. The van der Waals surface area contributed by atoms with Crippen molar-refractivity contribution in [3.8, 4) is 11.5 Å². The van der Waals surface area contributed by atoms with E-state index in [0.29, 0.717) is 35.6 Å². The maximum Gasteiger partial charge on any atom is 0.295 e. The number of ether oxygens (including phenoxy) is 2. The van der Waals surface area contributed by atoms with E-state index in [1.54, 1.807) is 30.3 Å². The van der Waals surface area contributed by atoms with Crippen molar-refractivity contribution in [2.24, 2.45) is 0 Å². The van der Waals surface area contributed by atoms with E-state index in [1.165, 1.54) is 31.5 Å². The molecule has 3 rings (SSSR count). The predicted molar refractivity (Wildman–Crippen MR) is 116 cm³/mol. The minimum absolute atomic E-state index is 0.0493. The van der Waals surface area contributed by atoms with Crippen molar-refractivity contribution < 1.29 is 24.2 Å². The molecular weight excluding hydrogens is 398 g/mol. The lowest BCUT2D eigenvalue weighted by Crippen LogP contribution is -2.32. The van der Waals surface area contributed by atoms with Crippen molar-refractivity contribution in [2.75, 3.05) is 41.4 Å². The first-order valence-electron chi connectivity index (χ1n) is 9.94. The largest absolute Gasteiger partial charge is 0.507 e. The number of pyridine rings is 1. The van der Waals surface area contributed by atoms with Crippen LogP contribution < -0.4 is 9.47 Å². The molecule has 0 saturated carbocycles. The Kier molecular flexibility index (Phi) is 6.91. The van der Waals surface area contributed by atoms with Crippen molar-refractivity contribution in [3.63, 3.8) is 0 Å². The molecule has 1 aromatic carbocycles. The molecular formula is C23H27N3O5. The van der Waals surface area contributed by atoms with Gasteiger partial charge >= 0.3 is 0 Å². The van der Waals surface area contributed by atoms with Crippen molar-refractivity contribution >= 4 is 17.4 Å². The summed E-state index contributed by atoms with van der Waals surface area (Å²) in [6.45, 7) is 1.13. The van der Waals surface area contributed by atoms with Gasteiger partial charge in [-0.2, -0.15) is 0 Å². The van der Waals surface area contributed by atoms with Crippen LogP contribution >= 0.6 is 0 Å². The number of carbonyl (C=O) groups is 2. The maximum atomic E-state index is 13.0. The Labute approximate surface area is 181 Å². The van der Waals surface area contributed by atoms with Crippen LogP contribution in [0, 0.1) is 0 Å². The summed E-state index contributed by atoms with van der Waals surface area (Å²) in [4.78, 5) is 33.4. The van der Waals surface area contributed by atoms with Crippen LogP contribution in [0.3, 0.4) is 0 Å². The Bertz CT molecular complexity index is 988. The molecule has 8 nitrogen and oxygen atoms in total. The van der Waals surface area contributed by atoms with Gasteiger partial charge in [0, 0.05) is 24.5 Å². The number of rotatable bonds is 8. The Morgan fingerprint density at radius 2 is 1.77 bits per heavy atom. The zero-order valence-corrected chi connectivity index (χ0v) is 18.2. The molecule has 31 heavy (non-hydrogen) atoms. The number of aromatic nitrogens is 1. The molecule has 1 atom stereocenters. The highest BCUT2D eigenvalue weighted by Gasteiger charge is 2.46. The minimum atomic E-state index is -0.741. The van der Waals surface area contributed by atoms with Gasteiger partial charge in [0.2, 0.25) is 0 Å². The fraction of sp³-hybridized carbons (Fsp3) is 0.348. The molecule has 1 N–H and O–H groups in total. The van der Waals surface area contributed by atoms with Gasteiger partial charge in [-0.15, -0.1) is 0 Å². The zero-order valence-electron chi connectivity index (χ0n) is 18.2. The van der Waals surface area contributed by atoms with E-state index in [0.717, 1.165) is 6.54 Å². The molecule has 2 heterocycles. The second-order valence-corrected chi connectivity index (χ2v) is 7.50. The summed E-state index contributed by atoms with van der Waals surface area (Å²) in [5, 5.41) is 11.0. The van der Waals surface area contributed by atoms with E-state index >= 15 is 0 Å². The smallest absolute Gasteiger partial charge is 0.295 e. The first kappa shape index (κ1) is 22.3. The van der Waals surface area contributed by atoms with Gasteiger partial charge in [0.05, 0.1) is 25.8 Å². The highest BCUT2D eigenvalue weighted by Crippen LogP contribution is 2.41. The molecule has 164 valence electrons. The summed E-state index contributed by atoms with van der Waals surface area (Å²) in [5.41, 5.74) is 1.12.